The number of hydrogen-bond acceptors (Lipinski definition) is 3. The van der Waals surface area contributed by atoms with Gasteiger partial charge in [-0.3, -0.25) is 4.90 Å². The molecule has 2 atom stereocenters. The maximum Gasteiger partial charge on any atom is 0.456 e. The number of nitrogens with zero attached hydrogens (tertiary/aromatic N) is 1. The van der Waals surface area contributed by atoms with Gasteiger partial charge in [-0.2, -0.15) is 0 Å². The summed E-state index contributed by atoms with van der Waals surface area (Å²) in [5.41, 5.74) is 1.28. The van der Waals surface area contributed by atoms with E-state index in [9.17, 15) is 10.0 Å². The Morgan fingerprint density at radius 3 is 2.50 bits per heavy atom. The van der Waals surface area contributed by atoms with Gasteiger partial charge in [-0.25, -0.2) is 0 Å². The average Bonchev–Trinajstić information content (AvgIpc) is 2.61. The van der Waals surface area contributed by atoms with Crippen molar-refractivity contribution in [2.75, 3.05) is 13.1 Å². The van der Waals surface area contributed by atoms with Crippen molar-refractivity contribution in [2.45, 2.75) is 19.3 Å². The highest BCUT2D eigenvalue weighted by Crippen LogP contribution is 2.29. The Balaban J connectivity index is 1.94. The standard InChI is InChI=1S/C12H18BNO2/c1-10-7-14(9-12(10)13(15)16)8-11-5-3-2-4-6-11/h2-6,10,12,15-16H,7-9H2,1H3. The molecule has 1 aliphatic rings. The molecule has 0 aromatic heterocycles. The van der Waals surface area contributed by atoms with E-state index in [1.165, 1.54) is 5.56 Å². The Morgan fingerprint density at radius 1 is 1.25 bits per heavy atom. The number of rotatable bonds is 3. The van der Waals surface area contributed by atoms with Crippen LogP contribution in [0.2, 0.25) is 5.82 Å². The molecule has 0 saturated carbocycles. The van der Waals surface area contributed by atoms with Crippen LogP contribution in [0.1, 0.15) is 12.5 Å². The summed E-state index contributed by atoms with van der Waals surface area (Å²) in [7, 11) is -1.18. The molecule has 0 amide bonds. The summed E-state index contributed by atoms with van der Waals surface area (Å²) in [6.07, 6.45) is 0. The fourth-order valence-corrected chi connectivity index (χ4v) is 2.45. The number of benzene rings is 1. The summed E-state index contributed by atoms with van der Waals surface area (Å²) < 4.78 is 0. The summed E-state index contributed by atoms with van der Waals surface area (Å²) >= 11 is 0. The van der Waals surface area contributed by atoms with E-state index in [1.54, 1.807) is 0 Å². The van der Waals surface area contributed by atoms with Gasteiger partial charge in [0, 0.05) is 25.5 Å². The first-order valence-corrected chi connectivity index (χ1v) is 5.79. The van der Waals surface area contributed by atoms with Gasteiger partial charge in [0.25, 0.3) is 0 Å². The molecule has 4 heteroatoms. The molecule has 86 valence electrons. The molecule has 0 bridgehead atoms. The molecule has 0 aliphatic carbocycles. The van der Waals surface area contributed by atoms with E-state index in [1.807, 2.05) is 18.2 Å². The molecule has 0 radical (unpaired) electrons. The first kappa shape index (κ1) is 11.6. The van der Waals surface area contributed by atoms with E-state index < -0.39 is 7.12 Å². The maximum atomic E-state index is 9.24. The molecule has 1 heterocycles. The van der Waals surface area contributed by atoms with Gasteiger partial charge in [0.2, 0.25) is 0 Å². The Hall–Kier alpha value is -0.835. The highest BCUT2D eigenvalue weighted by molar-refractivity contribution is 6.43. The second-order valence-electron chi connectivity index (χ2n) is 4.73. The van der Waals surface area contributed by atoms with Crippen LogP contribution in [-0.4, -0.2) is 35.2 Å². The van der Waals surface area contributed by atoms with Crippen LogP contribution in [0.5, 0.6) is 0 Å². The molecular weight excluding hydrogens is 201 g/mol. The fraction of sp³-hybridized carbons (Fsp3) is 0.500. The second-order valence-corrected chi connectivity index (χ2v) is 4.73. The monoisotopic (exact) mass is 219 g/mol. The molecule has 0 spiro atoms. The largest absolute Gasteiger partial charge is 0.456 e. The lowest BCUT2D eigenvalue weighted by molar-refractivity contribution is 0.317. The lowest BCUT2D eigenvalue weighted by atomic mass is 9.68. The molecule has 3 nitrogen and oxygen atoms in total. The maximum absolute atomic E-state index is 9.24. The minimum atomic E-state index is -1.18. The van der Waals surface area contributed by atoms with Crippen LogP contribution in [0.3, 0.4) is 0 Å². The van der Waals surface area contributed by atoms with Crippen LogP contribution >= 0.6 is 0 Å². The molecule has 2 unspecified atom stereocenters. The highest BCUT2D eigenvalue weighted by Gasteiger charge is 2.36. The molecule has 1 saturated heterocycles. The third kappa shape index (κ3) is 2.64. The van der Waals surface area contributed by atoms with Gasteiger partial charge < -0.3 is 10.0 Å². The summed E-state index contributed by atoms with van der Waals surface area (Å²) in [5, 5.41) is 18.5. The van der Waals surface area contributed by atoms with Crippen molar-refractivity contribution in [2.24, 2.45) is 5.92 Å². The summed E-state index contributed by atoms with van der Waals surface area (Å²) in [5.74, 6) is 0.340. The lowest BCUT2D eigenvalue weighted by Gasteiger charge is -2.15. The van der Waals surface area contributed by atoms with Crippen molar-refractivity contribution in [1.82, 2.24) is 4.90 Å². The fourth-order valence-electron chi connectivity index (χ4n) is 2.45. The van der Waals surface area contributed by atoms with Gasteiger partial charge >= 0.3 is 7.12 Å². The van der Waals surface area contributed by atoms with E-state index in [0.717, 1.165) is 19.6 Å². The van der Waals surface area contributed by atoms with Crippen LogP contribution in [0.4, 0.5) is 0 Å². The van der Waals surface area contributed by atoms with Crippen molar-refractivity contribution >= 4 is 7.12 Å². The van der Waals surface area contributed by atoms with E-state index >= 15 is 0 Å². The summed E-state index contributed by atoms with van der Waals surface area (Å²) in [6.45, 7) is 4.69. The van der Waals surface area contributed by atoms with Crippen molar-refractivity contribution in [3.8, 4) is 0 Å². The quantitative estimate of drug-likeness (QED) is 0.745. The molecular formula is C12H18BNO2. The normalized spacial score (nSPS) is 25.9. The molecule has 16 heavy (non-hydrogen) atoms. The second kappa shape index (κ2) is 5.00. The number of likely N-dealkylation sites (tertiary alicyclic amines) is 1. The zero-order valence-corrected chi connectivity index (χ0v) is 9.58. The Labute approximate surface area is 96.9 Å². The molecule has 2 rings (SSSR count). The van der Waals surface area contributed by atoms with Crippen LogP contribution in [0, 0.1) is 5.92 Å². The van der Waals surface area contributed by atoms with Gasteiger partial charge in [0.05, 0.1) is 0 Å². The van der Waals surface area contributed by atoms with Crippen molar-refractivity contribution in [3.05, 3.63) is 35.9 Å². The van der Waals surface area contributed by atoms with E-state index in [-0.39, 0.29) is 5.82 Å². The number of hydrogen-bond donors (Lipinski definition) is 2. The van der Waals surface area contributed by atoms with E-state index in [4.69, 9.17) is 0 Å². The van der Waals surface area contributed by atoms with Crippen LogP contribution in [0.15, 0.2) is 30.3 Å². The average molecular weight is 219 g/mol. The third-order valence-electron chi connectivity index (χ3n) is 3.38. The van der Waals surface area contributed by atoms with E-state index in [0.29, 0.717) is 5.92 Å². The zero-order valence-electron chi connectivity index (χ0n) is 9.58. The van der Waals surface area contributed by atoms with Crippen molar-refractivity contribution in [1.29, 1.82) is 0 Å². The minimum Gasteiger partial charge on any atom is -0.427 e. The SMILES string of the molecule is CC1CN(Cc2ccccc2)CC1B(O)O. The molecule has 1 aliphatic heterocycles. The predicted octanol–water partition coefficient (Wildman–Crippen LogP) is 0.981. The molecule has 2 N–H and O–H groups in total. The van der Waals surface area contributed by atoms with Gasteiger partial charge in [-0.05, 0) is 11.5 Å². The summed E-state index contributed by atoms with van der Waals surface area (Å²) in [4.78, 5) is 2.28. The first-order valence-electron chi connectivity index (χ1n) is 5.79. The highest BCUT2D eigenvalue weighted by atomic mass is 16.4. The van der Waals surface area contributed by atoms with Gasteiger partial charge in [0.1, 0.15) is 0 Å². The van der Waals surface area contributed by atoms with Gasteiger partial charge in [-0.15, -0.1) is 0 Å². The zero-order chi connectivity index (χ0) is 11.5. The Morgan fingerprint density at radius 2 is 1.94 bits per heavy atom. The van der Waals surface area contributed by atoms with Crippen LogP contribution in [0.25, 0.3) is 0 Å². The third-order valence-corrected chi connectivity index (χ3v) is 3.38. The lowest BCUT2D eigenvalue weighted by Crippen LogP contribution is -2.26. The van der Waals surface area contributed by atoms with Gasteiger partial charge in [0.15, 0.2) is 0 Å². The molecule has 1 aromatic carbocycles. The minimum absolute atomic E-state index is 0.0105. The molecule has 1 fully saturated rings. The van der Waals surface area contributed by atoms with Crippen LogP contribution in [-0.2, 0) is 6.54 Å². The molecule has 1 aromatic rings. The topological polar surface area (TPSA) is 43.7 Å². The predicted molar refractivity (Wildman–Crippen MR) is 64.8 cm³/mol. The van der Waals surface area contributed by atoms with Crippen molar-refractivity contribution in [3.63, 3.8) is 0 Å². The van der Waals surface area contributed by atoms with Crippen LogP contribution < -0.4 is 0 Å². The first-order chi connectivity index (χ1) is 7.66. The Bertz CT molecular complexity index is 331. The smallest absolute Gasteiger partial charge is 0.427 e. The summed E-state index contributed by atoms with van der Waals surface area (Å²) in [6, 6.07) is 10.3. The van der Waals surface area contributed by atoms with E-state index in [2.05, 4.69) is 24.0 Å². The van der Waals surface area contributed by atoms with Crippen molar-refractivity contribution < 1.29 is 10.0 Å². The van der Waals surface area contributed by atoms with Gasteiger partial charge in [-0.1, -0.05) is 37.3 Å². The Kier molecular flexibility index (Phi) is 3.64.